The highest BCUT2D eigenvalue weighted by Crippen LogP contribution is 2.07. The van der Waals surface area contributed by atoms with Crippen LogP contribution in [-0.4, -0.2) is 19.1 Å². The smallest absolute Gasteiger partial charge is 0.338 e. The van der Waals surface area contributed by atoms with Crippen LogP contribution in [0.5, 0.6) is 0 Å². The number of esters is 1. The molecule has 0 saturated carbocycles. The molecule has 1 rings (SSSR count). The summed E-state index contributed by atoms with van der Waals surface area (Å²) in [7, 11) is 0. The highest BCUT2D eigenvalue weighted by atomic mass is 16.5. The molecular weight excluding hydrogens is 166 g/mol. The van der Waals surface area contributed by atoms with Gasteiger partial charge in [-0.05, 0) is 18.6 Å². The van der Waals surface area contributed by atoms with Crippen LogP contribution in [0.25, 0.3) is 0 Å². The molecule has 0 spiro atoms. The summed E-state index contributed by atoms with van der Waals surface area (Å²) in [6, 6.07) is 7.31. The average molecular weight is 179 g/mol. The molecule has 1 aromatic carbocycles. The van der Waals surface area contributed by atoms with Crippen molar-refractivity contribution in [3.8, 4) is 0 Å². The van der Waals surface area contributed by atoms with Crippen molar-refractivity contribution in [3.63, 3.8) is 0 Å². The van der Waals surface area contributed by atoms with Crippen LogP contribution in [0, 0.1) is 6.92 Å². The summed E-state index contributed by atoms with van der Waals surface area (Å²) in [5.41, 5.74) is 6.74. The lowest BCUT2D eigenvalue weighted by atomic mass is 10.1. The predicted octanol–water partition coefficient (Wildman–Crippen LogP) is 1.11. The Kier molecular flexibility index (Phi) is 3.46. The lowest BCUT2D eigenvalue weighted by molar-refractivity contribution is 0.0516. The van der Waals surface area contributed by atoms with Gasteiger partial charge < -0.3 is 10.5 Å². The molecule has 1 aromatic rings. The molecule has 0 heterocycles. The zero-order valence-electron chi connectivity index (χ0n) is 7.62. The normalized spacial score (nSPS) is 9.69. The topological polar surface area (TPSA) is 52.3 Å². The maximum absolute atomic E-state index is 11.3. The zero-order chi connectivity index (χ0) is 9.68. The summed E-state index contributed by atoms with van der Waals surface area (Å²) in [4.78, 5) is 11.3. The summed E-state index contributed by atoms with van der Waals surface area (Å²) in [5, 5.41) is 0. The lowest BCUT2D eigenvalue weighted by Gasteiger charge is -2.04. The molecule has 3 nitrogen and oxygen atoms in total. The van der Waals surface area contributed by atoms with E-state index in [1.54, 1.807) is 6.07 Å². The monoisotopic (exact) mass is 179 g/mol. The van der Waals surface area contributed by atoms with E-state index in [4.69, 9.17) is 10.5 Å². The van der Waals surface area contributed by atoms with Crippen LogP contribution in [0.15, 0.2) is 24.3 Å². The average Bonchev–Trinajstić information content (AvgIpc) is 2.15. The van der Waals surface area contributed by atoms with Gasteiger partial charge in [0.15, 0.2) is 0 Å². The van der Waals surface area contributed by atoms with Gasteiger partial charge in [-0.3, -0.25) is 0 Å². The SMILES string of the molecule is Cc1ccccc1C(=O)OCCN. The predicted molar refractivity (Wildman–Crippen MR) is 50.5 cm³/mol. The molecule has 0 atom stereocenters. The highest BCUT2D eigenvalue weighted by Gasteiger charge is 2.07. The van der Waals surface area contributed by atoms with E-state index in [9.17, 15) is 4.79 Å². The number of ether oxygens (including phenoxy) is 1. The standard InChI is InChI=1S/C10H13NO2/c1-8-4-2-3-5-9(8)10(12)13-7-6-11/h2-5H,6-7,11H2,1H3. The van der Waals surface area contributed by atoms with Gasteiger partial charge in [0.05, 0.1) is 5.56 Å². The van der Waals surface area contributed by atoms with Crippen LogP contribution in [0.4, 0.5) is 0 Å². The third-order valence-corrected chi connectivity index (χ3v) is 1.72. The van der Waals surface area contributed by atoms with Gasteiger partial charge in [-0.15, -0.1) is 0 Å². The summed E-state index contributed by atoms with van der Waals surface area (Å²) >= 11 is 0. The Hall–Kier alpha value is -1.35. The molecule has 0 bridgehead atoms. The van der Waals surface area contributed by atoms with Gasteiger partial charge in [0, 0.05) is 6.54 Å². The molecule has 0 amide bonds. The van der Waals surface area contributed by atoms with Gasteiger partial charge in [0.1, 0.15) is 6.61 Å². The van der Waals surface area contributed by atoms with E-state index in [0.29, 0.717) is 12.1 Å². The van der Waals surface area contributed by atoms with E-state index in [1.165, 1.54) is 0 Å². The Morgan fingerprint density at radius 3 is 2.77 bits per heavy atom. The van der Waals surface area contributed by atoms with E-state index in [-0.39, 0.29) is 12.6 Å². The second-order valence-electron chi connectivity index (χ2n) is 2.74. The van der Waals surface area contributed by atoms with Crippen LogP contribution in [0.2, 0.25) is 0 Å². The Morgan fingerprint density at radius 2 is 2.15 bits per heavy atom. The van der Waals surface area contributed by atoms with Crippen LogP contribution >= 0.6 is 0 Å². The van der Waals surface area contributed by atoms with Crippen molar-refractivity contribution in [1.29, 1.82) is 0 Å². The maximum atomic E-state index is 11.3. The first-order valence-electron chi connectivity index (χ1n) is 4.18. The van der Waals surface area contributed by atoms with Crippen molar-refractivity contribution in [3.05, 3.63) is 35.4 Å². The van der Waals surface area contributed by atoms with Crippen LogP contribution in [0.1, 0.15) is 15.9 Å². The van der Waals surface area contributed by atoms with Crippen molar-refractivity contribution in [1.82, 2.24) is 0 Å². The van der Waals surface area contributed by atoms with Crippen molar-refractivity contribution < 1.29 is 9.53 Å². The molecule has 0 aliphatic rings. The molecule has 3 heteroatoms. The van der Waals surface area contributed by atoms with Crippen LogP contribution < -0.4 is 5.73 Å². The number of carbonyl (C=O) groups excluding carboxylic acids is 1. The molecule has 0 aromatic heterocycles. The molecule has 13 heavy (non-hydrogen) atoms. The van der Waals surface area contributed by atoms with Gasteiger partial charge in [-0.25, -0.2) is 4.79 Å². The molecule has 0 radical (unpaired) electrons. The highest BCUT2D eigenvalue weighted by molar-refractivity contribution is 5.90. The Labute approximate surface area is 77.5 Å². The van der Waals surface area contributed by atoms with Gasteiger partial charge in [-0.1, -0.05) is 18.2 Å². The molecule has 0 aliphatic carbocycles. The number of aryl methyl sites for hydroxylation is 1. The van der Waals surface area contributed by atoms with E-state index in [2.05, 4.69) is 0 Å². The molecule has 0 saturated heterocycles. The van der Waals surface area contributed by atoms with Crippen LogP contribution in [0.3, 0.4) is 0 Å². The Bertz CT molecular complexity index is 297. The third-order valence-electron chi connectivity index (χ3n) is 1.72. The largest absolute Gasteiger partial charge is 0.461 e. The van der Waals surface area contributed by atoms with Crippen molar-refractivity contribution in [2.45, 2.75) is 6.92 Å². The minimum Gasteiger partial charge on any atom is -0.461 e. The summed E-state index contributed by atoms with van der Waals surface area (Å²) < 4.78 is 4.89. The zero-order valence-corrected chi connectivity index (χ0v) is 7.62. The minimum atomic E-state index is -0.302. The number of nitrogens with two attached hydrogens (primary N) is 1. The van der Waals surface area contributed by atoms with Gasteiger partial charge in [0.25, 0.3) is 0 Å². The first kappa shape index (κ1) is 9.74. The first-order chi connectivity index (χ1) is 6.25. The van der Waals surface area contributed by atoms with Crippen molar-refractivity contribution in [2.24, 2.45) is 5.73 Å². The second kappa shape index (κ2) is 4.62. The summed E-state index contributed by atoms with van der Waals surface area (Å²) in [6.45, 7) is 2.50. The Morgan fingerprint density at radius 1 is 1.46 bits per heavy atom. The van der Waals surface area contributed by atoms with Gasteiger partial charge in [0.2, 0.25) is 0 Å². The number of carbonyl (C=O) groups is 1. The quantitative estimate of drug-likeness (QED) is 0.707. The fourth-order valence-electron chi connectivity index (χ4n) is 1.03. The molecular formula is C10H13NO2. The molecule has 2 N–H and O–H groups in total. The van der Waals surface area contributed by atoms with Gasteiger partial charge >= 0.3 is 5.97 Å². The van der Waals surface area contributed by atoms with Crippen LogP contribution in [-0.2, 0) is 4.74 Å². The molecule has 0 unspecified atom stereocenters. The van der Waals surface area contributed by atoms with Gasteiger partial charge in [-0.2, -0.15) is 0 Å². The lowest BCUT2D eigenvalue weighted by Crippen LogP contribution is -2.14. The summed E-state index contributed by atoms with van der Waals surface area (Å²) in [5.74, 6) is -0.302. The minimum absolute atomic E-state index is 0.271. The molecule has 70 valence electrons. The van der Waals surface area contributed by atoms with E-state index < -0.39 is 0 Å². The summed E-state index contributed by atoms with van der Waals surface area (Å²) in [6.07, 6.45) is 0. The number of rotatable bonds is 3. The fraction of sp³-hybridized carbons (Fsp3) is 0.300. The number of hydrogen-bond donors (Lipinski definition) is 1. The molecule has 0 aliphatic heterocycles. The second-order valence-corrected chi connectivity index (χ2v) is 2.74. The van der Waals surface area contributed by atoms with E-state index >= 15 is 0 Å². The maximum Gasteiger partial charge on any atom is 0.338 e. The van der Waals surface area contributed by atoms with Crippen molar-refractivity contribution in [2.75, 3.05) is 13.2 Å². The number of hydrogen-bond acceptors (Lipinski definition) is 3. The van der Waals surface area contributed by atoms with E-state index in [0.717, 1.165) is 5.56 Å². The first-order valence-corrected chi connectivity index (χ1v) is 4.18. The molecule has 0 fully saturated rings. The van der Waals surface area contributed by atoms with Crippen molar-refractivity contribution >= 4 is 5.97 Å². The number of benzene rings is 1. The third kappa shape index (κ3) is 2.56. The van der Waals surface area contributed by atoms with E-state index in [1.807, 2.05) is 25.1 Å². The fourth-order valence-corrected chi connectivity index (χ4v) is 1.03. The Balaban J connectivity index is 2.71.